The second kappa shape index (κ2) is 8.14. The minimum absolute atomic E-state index is 0.151. The molecule has 2 N–H and O–H groups in total. The Morgan fingerprint density at radius 1 is 1.48 bits per heavy atom. The molecule has 6 nitrogen and oxygen atoms in total. The average Bonchev–Trinajstić information content (AvgIpc) is 3.00. The Kier molecular flexibility index (Phi) is 6.19. The Labute approximate surface area is 132 Å². The van der Waals surface area contributed by atoms with Crippen molar-refractivity contribution in [1.29, 1.82) is 0 Å². The molecular weight excluding hydrogens is 314 g/mol. The Morgan fingerprint density at radius 2 is 2.33 bits per heavy atom. The van der Waals surface area contributed by atoms with Crippen LogP contribution in [0, 0.1) is 0 Å². The number of aliphatic hydroxyl groups excluding tert-OH is 1. The topological polar surface area (TPSA) is 76.5 Å². The van der Waals surface area contributed by atoms with Crippen LogP contribution in [-0.4, -0.2) is 40.2 Å². The van der Waals surface area contributed by atoms with Crippen LogP contribution in [0.5, 0.6) is 11.6 Å². The number of halogens is 1. The molecule has 2 rings (SSSR count). The van der Waals surface area contributed by atoms with Gasteiger partial charge in [-0.3, -0.25) is 0 Å². The van der Waals surface area contributed by atoms with Crippen molar-refractivity contribution in [2.24, 2.45) is 0 Å². The maximum atomic E-state index is 9.83. The monoisotopic (exact) mass is 329 g/mol. The summed E-state index contributed by atoms with van der Waals surface area (Å²) >= 11 is 7.19. The minimum Gasteiger partial charge on any atom is -0.496 e. The van der Waals surface area contributed by atoms with Crippen molar-refractivity contribution in [3.8, 4) is 11.6 Å². The lowest BCUT2D eigenvalue weighted by molar-refractivity contribution is 0.104. The third kappa shape index (κ3) is 4.82. The quantitative estimate of drug-likeness (QED) is 0.768. The Bertz CT molecular complexity index is 554. The highest BCUT2D eigenvalue weighted by molar-refractivity contribution is 6.99. The van der Waals surface area contributed by atoms with E-state index in [1.165, 1.54) is 6.20 Å². The second-order valence-electron chi connectivity index (χ2n) is 4.26. The lowest BCUT2D eigenvalue weighted by atomic mass is 10.2. The summed E-state index contributed by atoms with van der Waals surface area (Å²) in [6.45, 7) is 1.02. The van der Waals surface area contributed by atoms with Gasteiger partial charge in [0.05, 0.1) is 18.8 Å². The van der Waals surface area contributed by atoms with Crippen LogP contribution in [0.3, 0.4) is 0 Å². The van der Waals surface area contributed by atoms with Crippen molar-refractivity contribution < 1.29 is 14.6 Å². The molecule has 1 aromatic carbocycles. The molecule has 21 heavy (non-hydrogen) atoms. The van der Waals surface area contributed by atoms with Gasteiger partial charge in [-0.1, -0.05) is 17.7 Å². The van der Waals surface area contributed by atoms with E-state index >= 15 is 0 Å². The number of aliphatic hydroxyl groups is 1. The molecule has 8 heteroatoms. The van der Waals surface area contributed by atoms with Gasteiger partial charge in [0, 0.05) is 23.7 Å². The molecule has 0 amide bonds. The number of hydrogen-bond donors (Lipinski definition) is 2. The summed E-state index contributed by atoms with van der Waals surface area (Å²) in [5.74, 6) is 1.14. The van der Waals surface area contributed by atoms with E-state index in [0.717, 1.165) is 17.3 Å². The maximum absolute atomic E-state index is 9.83. The van der Waals surface area contributed by atoms with Crippen LogP contribution in [0.4, 0.5) is 0 Å². The first-order valence-corrected chi connectivity index (χ1v) is 7.42. The van der Waals surface area contributed by atoms with Gasteiger partial charge in [0.25, 0.3) is 0 Å². The molecule has 0 radical (unpaired) electrons. The smallest absolute Gasteiger partial charge is 0.245 e. The van der Waals surface area contributed by atoms with E-state index in [0.29, 0.717) is 29.7 Å². The molecule has 0 aliphatic rings. The highest BCUT2D eigenvalue weighted by Gasteiger charge is 2.10. The van der Waals surface area contributed by atoms with Gasteiger partial charge < -0.3 is 19.9 Å². The minimum atomic E-state index is -0.653. The van der Waals surface area contributed by atoms with Gasteiger partial charge in [0.2, 0.25) is 5.88 Å². The third-order valence-electron chi connectivity index (χ3n) is 2.74. The third-order valence-corrected chi connectivity index (χ3v) is 3.56. The number of hydrogen-bond acceptors (Lipinski definition) is 7. The summed E-state index contributed by atoms with van der Waals surface area (Å²) in [7, 11) is 1.60. The molecule has 1 heterocycles. The number of benzene rings is 1. The fourth-order valence-corrected chi connectivity index (χ4v) is 2.32. The molecule has 0 spiro atoms. The van der Waals surface area contributed by atoms with Crippen molar-refractivity contribution in [1.82, 2.24) is 14.1 Å². The van der Waals surface area contributed by atoms with Crippen LogP contribution < -0.4 is 14.8 Å². The molecule has 0 bridgehead atoms. The zero-order chi connectivity index (χ0) is 15.1. The standard InChI is InChI=1S/C13H16ClN3O3S/c1-19-12-4-2-3-11(14)10(12)6-15-5-9(18)8-20-13-7-16-21-17-13/h2-4,7,9,15,18H,5-6,8H2,1H3. The van der Waals surface area contributed by atoms with Gasteiger partial charge in [-0.05, 0) is 12.1 Å². The van der Waals surface area contributed by atoms with Gasteiger partial charge in [0.15, 0.2) is 0 Å². The summed E-state index contributed by atoms with van der Waals surface area (Å²) < 4.78 is 18.2. The van der Waals surface area contributed by atoms with E-state index in [4.69, 9.17) is 21.1 Å². The van der Waals surface area contributed by atoms with E-state index in [1.54, 1.807) is 13.2 Å². The van der Waals surface area contributed by atoms with E-state index in [1.807, 2.05) is 12.1 Å². The zero-order valence-corrected chi connectivity index (χ0v) is 13.0. The second-order valence-corrected chi connectivity index (χ2v) is 5.23. The normalized spacial score (nSPS) is 12.1. The van der Waals surface area contributed by atoms with E-state index < -0.39 is 6.10 Å². The molecule has 0 saturated carbocycles. The Hall–Kier alpha value is -1.41. The molecular formula is C13H16ClN3O3S. The van der Waals surface area contributed by atoms with E-state index in [9.17, 15) is 5.11 Å². The van der Waals surface area contributed by atoms with Gasteiger partial charge in [-0.15, -0.1) is 4.37 Å². The van der Waals surface area contributed by atoms with Gasteiger partial charge >= 0.3 is 0 Å². The molecule has 0 aliphatic carbocycles. The molecule has 114 valence electrons. The Morgan fingerprint density at radius 3 is 3.05 bits per heavy atom. The van der Waals surface area contributed by atoms with Crippen molar-refractivity contribution in [2.45, 2.75) is 12.6 Å². The summed E-state index contributed by atoms with van der Waals surface area (Å²) in [5, 5.41) is 13.6. The van der Waals surface area contributed by atoms with Crippen molar-refractivity contribution in [2.75, 3.05) is 20.3 Å². The van der Waals surface area contributed by atoms with Crippen LogP contribution in [-0.2, 0) is 6.54 Å². The highest BCUT2D eigenvalue weighted by atomic mass is 35.5. The number of methoxy groups -OCH3 is 1. The van der Waals surface area contributed by atoms with Gasteiger partial charge in [-0.2, -0.15) is 4.37 Å². The van der Waals surface area contributed by atoms with Crippen molar-refractivity contribution >= 4 is 23.3 Å². The number of aromatic nitrogens is 2. The molecule has 1 atom stereocenters. The lowest BCUT2D eigenvalue weighted by Gasteiger charge is -2.14. The molecule has 2 aromatic rings. The van der Waals surface area contributed by atoms with Gasteiger partial charge in [0.1, 0.15) is 24.7 Å². The molecule has 0 aliphatic heterocycles. The fraction of sp³-hybridized carbons (Fsp3) is 0.385. The van der Waals surface area contributed by atoms with Crippen molar-refractivity contribution in [3.05, 3.63) is 35.0 Å². The number of nitrogens with one attached hydrogen (secondary N) is 1. The van der Waals surface area contributed by atoms with Crippen LogP contribution in [0.15, 0.2) is 24.4 Å². The van der Waals surface area contributed by atoms with Crippen LogP contribution in [0.2, 0.25) is 5.02 Å². The lowest BCUT2D eigenvalue weighted by Crippen LogP contribution is -2.31. The van der Waals surface area contributed by atoms with Gasteiger partial charge in [-0.25, -0.2) is 0 Å². The fourth-order valence-electron chi connectivity index (χ4n) is 1.73. The number of rotatable bonds is 8. The molecule has 0 fully saturated rings. The summed E-state index contributed by atoms with van der Waals surface area (Å²) in [6.07, 6.45) is 0.861. The van der Waals surface area contributed by atoms with Crippen LogP contribution in [0.1, 0.15) is 5.56 Å². The van der Waals surface area contributed by atoms with Crippen LogP contribution >= 0.6 is 23.3 Å². The Balaban J connectivity index is 1.76. The highest BCUT2D eigenvalue weighted by Crippen LogP contribution is 2.25. The first-order chi connectivity index (χ1) is 10.2. The van der Waals surface area contributed by atoms with Crippen LogP contribution in [0.25, 0.3) is 0 Å². The SMILES string of the molecule is COc1cccc(Cl)c1CNCC(O)COc1cnsn1. The average molecular weight is 330 g/mol. The molecule has 1 unspecified atom stereocenters. The number of nitrogens with zero attached hydrogens (tertiary/aromatic N) is 2. The zero-order valence-electron chi connectivity index (χ0n) is 11.5. The van der Waals surface area contributed by atoms with E-state index in [2.05, 4.69) is 14.1 Å². The summed E-state index contributed by atoms with van der Waals surface area (Å²) in [4.78, 5) is 0. The van der Waals surface area contributed by atoms with Crippen molar-refractivity contribution in [3.63, 3.8) is 0 Å². The summed E-state index contributed by atoms with van der Waals surface area (Å²) in [6, 6.07) is 5.47. The summed E-state index contributed by atoms with van der Waals surface area (Å²) in [5.41, 5.74) is 0.860. The van der Waals surface area contributed by atoms with E-state index in [-0.39, 0.29) is 6.61 Å². The predicted octanol–water partition coefficient (Wildman–Crippen LogP) is 1.73. The first-order valence-electron chi connectivity index (χ1n) is 6.31. The molecule has 0 saturated heterocycles. The molecule has 1 aromatic heterocycles. The first kappa shape index (κ1) is 16.0. The maximum Gasteiger partial charge on any atom is 0.245 e. The predicted molar refractivity (Wildman–Crippen MR) is 81.1 cm³/mol. The largest absolute Gasteiger partial charge is 0.496 e. The number of ether oxygens (including phenoxy) is 2.